The van der Waals surface area contributed by atoms with Gasteiger partial charge in [0.2, 0.25) is 0 Å². The smallest absolute Gasteiger partial charge is 0.240 e. The molecule has 0 aliphatic rings. The van der Waals surface area contributed by atoms with Gasteiger partial charge >= 0.3 is 6.18 Å². The molecule has 0 amide bonds. The fourth-order valence-corrected chi connectivity index (χ4v) is 1.56. The summed E-state index contributed by atoms with van der Waals surface area (Å²) in [5.74, 6) is 0. The Hall–Kier alpha value is -2.29. The Morgan fingerprint density at radius 2 is 1.83 bits per heavy atom. The van der Waals surface area contributed by atoms with Crippen molar-refractivity contribution in [2.75, 3.05) is 0 Å². The second-order valence-electron chi connectivity index (χ2n) is 3.76. The van der Waals surface area contributed by atoms with Crippen LogP contribution in [0.5, 0.6) is 0 Å². The molecule has 0 saturated heterocycles. The summed E-state index contributed by atoms with van der Waals surface area (Å²) < 4.78 is 38.9. The summed E-state index contributed by atoms with van der Waals surface area (Å²) >= 11 is 0. The highest BCUT2D eigenvalue weighted by Gasteiger charge is 2.35. The van der Waals surface area contributed by atoms with Crippen molar-refractivity contribution in [1.29, 1.82) is 5.26 Å². The van der Waals surface area contributed by atoms with Crippen molar-refractivity contribution < 1.29 is 13.2 Å². The number of benzene rings is 1. The zero-order chi connectivity index (χ0) is 13.3. The van der Waals surface area contributed by atoms with Crippen molar-refractivity contribution in [2.45, 2.75) is 13.1 Å². The Kier molecular flexibility index (Phi) is 2.83. The highest BCUT2D eigenvalue weighted by Crippen LogP contribution is 2.30. The highest BCUT2D eigenvalue weighted by molar-refractivity contribution is 5.39. The van der Waals surface area contributed by atoms with Crippen LogP contribution in [0.3, 0.4) is 0 Å². The van der Waals surface area contributed by atoms with E-state index >= 15 is 0 Å². The Morgan fingerprint density at radius 1 is 1.22 bits per heavy atom. The standard InChI is InChI=1S/C12H8F3N3/c1-8-7-18(17-11(8)12(13,14)15)10-4-2-9(6-16)3-5-10/h2-5,7H,1H3. The lowest BCUT2D eigenvalue weighted by atomic mass is 10.2. The van der Waals surface area contributed by atoms with Crippen LogP contribution >= 0.6 is 0 Å². The lowest BCUT2D eigenvalue weighted by Crippen LogP contribution is -2.08. The highest BCUT2D eigenvalue weighted by atomic mass is 19.4. The molecule has 1 aromatic heterocycles. The lowest BCUT2D eigenvalue weighted by Gasteiger charge is -2.03. The second kappa shape index (κ2) is 4.18. The van der Waals surface area contributed by atoms with Crippen LogP contribution in [0.1, 0.15) is 16.8 Å². The number of aromatic nitrogens is 2. The molecule has 0 aliphatic heterocycles. The minimum Gasteiger partial charge on any atom is -0.240 e. The van der Waals surface area contributed by atoms with E-state index in [4.69, 9.17) is 5.26 Å². The molecule has 0 unspecified atom stereocenters. The van der Waals surface area contributed by atoms with Crippen LogP contribution < -0.4 is 0 Å². The van der Waals surface area contributed by atoms with Crippen LogP contribution in [-0.2, 0) is 6.18 Å². The molecule has 0 atom stereocenters. The van der Waals surface area contributed by atoms with Gasteiger partial charge in [0.15, 0.2) is 5.69 Å². The van der Waals surface area contributed by atoms with Gasteiger partial charge in [-0.1, -0.05) is 0 Å². The molecule has 6 heteroatoms. The van der Waals surface area contributed by atoms with Gasteiger partial charge < -0.3 is 0 Å². The van der Waals surface area contributed by atoms with Crippen molar-refractivity contribution in [3.05, 3.63) is 47.3 Å². The van der Waals surface area contributed by atoms with Crippen LogP contribution in [0, 0.1) is 18.3 Å². The van der Waals surface area contributed by atoms with Crippen LogP contribution in [0.2, 0.25) is 0 Å². The van der Waals surface area contributed by atoms with E-state index in [1.807, 2.05) is 6.07 Å². The average molecular weight is 251 g/mol. The Bertz CT molecular complexity index is 603. The first-order valence-electron chi connectivity index (χ1n) is 5.06. The van der Waals surface area contributed by atoms with Crippen molar-refractivity contribution >= 4 is 0 Å². The zero-order valence-corrected chi connectivity index (χ0v) is 9.36. The van der Waals surface area contributed by atoms with Gasteiger partial charge in [-0.2, -0.15) is 23.5 Å². The molecule has 0 saturated carbocycles. The molecule has 0 aliphatic carbocycles. The Balaban J connectivity index is 2.43. The second-order valence-corrected chi connectivity index (χ2v) is 3.76. The molecule has 2 aromatic rings. The summed E-state index contributed by atoms with van der Waals surface area (Å²) in [5, 5.41) is 12.1. The minimum absolute atomic E-state index is 0.0619. The molecule has 2 rings (SSSR count). The van der Waals surface area contributed by atoms with E-state index in [-0.39, 0.29) is 5.56 Å². The topological polar surface area (TPSA) is 41.6 Å². The first kappa shape index (κ1) is 12.2. The largest absolute Gasteiger partial charge is 0.435 e. The molecule has 0 fully saturated rings. The maximum absolute atomic E-state index is 12.6. The minimum atomic E-state index is -4.46. The van der Waals surface area contributed by atoms with Gasteiger partial charge in [0.1, 0.15) is 0 Å². The first-order valence-corrected chi connectivity index (χ1v) is 5.06. The Morgan fingerprint density at radius 3 is 2.28 bits per heavy atom. The molecule has 3 nitrogen and oxygen atoms in total. The van der Waals surface area contributed by atoms with Gasteiger partial charge in [0.25, 0.3) is 0 Å². The number of aryl methyl sites for hydroxylation is 1. The molecule has 0 bridgehead atoms. The third-order valence-electron chi connectivity index (χ3n) is 2.43. The molecular formula is C12H8F3N3. The van der Waals surface area contributed by atoms with Gasteiger partial charge in [-0.25, -0.2) is 4.68 Å². The van der Waals surface area contributed by atoms with E-state index in [9.17, 15) is 13.2 Å². The number of halogens is 3. The van der Waals surface area contributed by atoms with Crippen LogP contribution in [-0.4, -0.2) is 9.78 Å². The third-order valence-corrected chi connectivity index (χ3v) is 2.43. The molecule has 0 N–H and O–H groups in total. The monoisotopic (exact) mass is 251 g/mol. The van der Waals surface area contributed by atoms with E-state index < -0.39 is 11.9 Å². The van der Waals surface area contributed by atoms with Crippen LogP contribution in [0.4, 0.5) is 13.2 Å². The van der Waals surface area contributed by atoms with Crippen LogP contribution in [0.25, 0.3) is 5.69 Å². The number of nitrogens with zero attached hydrogens (tertiary/aromatic N) is 3. The molecule has 0 radical (unpaired) electrons. The summed E-state index contributed by atoms with van der Waals surface area (Å²) in [4.78, 5) is 0. The van der Waals surface area contributed by atoms with E-state index in [1.54, 1.807) is 12.1 Å². The number of nitriles is 1. The van der Waals surface area contributed by atoms with Crippen molar-refractivity contribution in [3.63, 3.8) is 0 Å². The van der Waals surface area contributed by atoms with Crippen molar-refractivity contribution in [3.8, 4) is 11.8 Å². The zero-order valence-electron chi connectivity index (χ0n) is 9.36. The van der Waals surface area contributed by atoms with Crippen molar-refractivity contribution in [1.82, 2.24) is 9.78 Å². The number of rotatable bonds is 1. The molecule has 92 valence electrons. The predicted molar refractivity (Wildman–Crippen MR) is 58.0 cm³/mol. The van der Waals surface area contributed by atoms with Gasteiger partial charge in [-0.3, -0.25) is 0 Å². The fourth-order valence-electron chi connectivity index (χ4n) is 1.56. The molecular weight excluding hydrogens is 243 g/mol. The van der Waals surface area contributed by atoms with E-state index in [2.05, 4.69) is 5.10 Å². The summed E-state index contributed by atoms with van der Waals surface area (Å²) in [6, 6.07) is 8.09. The van der Waals surface area contributed by atoms with Crippen LogP contribution in [0.15, 0.2) is 30.5 Å². The molecule has 0 spiro atoms. The van der Waals surface area contributed by atoms with Gasteiger partial charge in [0.05, 0.1) is 17.3 Å². The summed E-state index contributed by atoms with van der Waals surface area (Å²) in [6.07, 6.45) is -3.15. The lowest BCUT2D eigenvalue weighted by molar-refractivity contribution is -0.141. The maximum atomic E-state index is 12.6. The average Bonchev–Trinajstić information content (AvgIpc) is 2.71. The van der Waals surface area contributed by atoms with Gasteiger partial charge in [0, 0.05) is 6.20 Å². The molecule has 1 heterocycles. The van der Waals surface area contributed by atoms with E-state index in [0.717, 1.165) is 4.68 Å². The van der Waals surface area contributed by atoms with Gasteiger partial charge in [-0.05, 0) is 36.8 Å². The number of hydrogen-bond donors (Lipinski definition) is 0. The fraction of sp³-hybridized carbons (Fsp3) is 0.167. The van der Waals surface area contributed by atoms with Gasteiger partial charge in [-0.15, -0.1) is 0 Å². The maximum Gasteiger partial charge on any atom is 0.435 e. The molecule has 18 heavy (non-hydrogen) atoms. The Labute approximate surface area is 101 Å². The normalized spacial score (nSPS) is 11.3. The number of alkyl halides is 3. The van der Waals surface area contributed by atoms with Crippen molar-refractivity contribution in [2.24, 2.45) is 0 Å². The summed E-state index contributed by atoms with van der Waals surface area (Å²) in [5.41, 5.74) is 0.0880. The molecule has 1 aromatic carbocycles. The van der Waals surface area contributed by atoms with E-state index in [0.29, 0.717) is 11.3 Å². The summed E-state index contributed by atoms with van der Waals surface area (Å²) in [7, 11) is 0. The third kappa shape index (κ3) is 2.20. The van der Waals surface area contributed by atoms with E-state index in [1.165, 1.54) is 25.3 Å². The summed E-state index contributed by atoms with van der Waals surface area (Å²) in [6.45, 7) is 1.36. The quantitative estimate of drug-likeness (QED) is 0.781. The predicted octanol–water partition coefficient (Wildman–Crippen LogP) is 3.07. The number of hydrogen-bond acceptors (Lipinski definition) is 2. The first-order chi connectivity index (χ1) is 8.41. The SMILES string of the molecule is Cc1cn(-c2ccc(C#N)cc2)nc1C(F)(F)F.